The lowest BCUT2D eigenvalue weighted by Crippen LogP contribution is -2.47. The SMILES string of the molecule is C=CCN1C(N)=NCC1(C)c1ccc2ccccc2c1. The maximum absolute atomic E-state index is 6.02. The zero-order chi connectivity index (χ0) is 14.2. The molecule has 0 spiro atoms. The zero-order valence-corrected chi connectivity index (χ0v) is 11.7. The van der Waals surface area contributed by atoms with E-state index in [0.717, 1.165) is 0 Å². The average Bonchev–Trinajstić information content (AvgIpc) is 2.77. The highest BCUT2D eigenvalue weighted by Crippen LogP contribution is 2.34. The van der Waals surface area contributed by atoms with Crippen molar-refractivity contribution in [1.82, 2.24) is 4.90 Å². The third-order valence-electron chi connectivity index (χ3n) is 4.10. The highest BCUT2D eigenvalue weighted by atomic mass is 15.3. The topological polar surface area (TPSA) is 41.6 Å². The summed E-state index contributed by atoms with van der Waals surface area (Å²) in [6.45, 7) is 7.39. The van der Waals surface area contributed by atoms with Crippen molar-refractivity contribution >= 4 is 16.7 Å². The van der Waals surface area contributed by atoms with Crippen LogP contribution in [-0.2, 0) is 5.54 Å². The van der Waals surface area contributed by atoms with E-state index >= 15 is 0 Å². The predicted octanol–water partition coefficient (Wildman–Crippen LogP) is 2.87. The molecule has 102 valence electrons. The molecule has 1 unspecified atom stereocenters. The summed E-state index contributed by atoms with van der Waals surface area (Å²) in [6, 6.07) is 15.0. The maximum Gasteiger partial charge on any atom is 0.192 e. The van der Waals surface area contributed by atoms with Gasteiger partial charge >= 0.3 is 0 Å². The number of aliphatic imine (C=N–C) groups is 1. The summed E-state index contributed by atoms with van der Waals surface area (Å²) in [5.74, 6) is 0.598. The van der Waals surface area contributed by atoms with Crippen LogP contribution in [0.3, 0.4) is 0 Å². The van der Waals surface area contributed by atoms with Crippen molar-refractivity contribution < 1.29 is 0 Å². The highest BCUT2D eigenvalue weighted by molar-refractivity contribution is 5.85. The van der Waals surface area contributed by atoms with Crippen LogP contribution in [0.25, 0.3) is 10.8 Å². The minimum absolute atomic E-state index is 0.192. The first-order valence-electron chi connectivity index (χ1n) is 6.83. The summed E-state index contributed by atoms with van der Waals surface area (Å²) in [4.78, 5) is 6.53. The molecule has 3 heteroatoms. The Morgan fingerprint density at radius 2 is 2.05 bits per heavy atom. The number of fused-ring (bicyclic) bond motifs is 1. The van der Waals surface area contributed by atoms with Gasteiger partial charge in [0.2, 0.25) is 0 Å². The third kappa shape index (κ3) is 1.86. The quantitative estimate of drug-likeness (QED) is 0.867. The Kier molecular flexibility index (Phi) is 2.97. The van der Waals surface area contributed by atoms with E-state index in [0.29, 0.717) is 19.0 Å². The lowest BCUT2D eigenvalue weighted by molar-refractivity contribution is 0.245. The molecule has 20 heavy (non-hydrogen) atoms. The molecular formula is C17H19N3. The molecular weight excluding hydrogens is 246 g/mol. The van der Waals surface area contributed by atoms with Crippen molar-refractivity contribution in [3.63, 3.8) is 0 Å². The van der Waals surface area contributed by atoms with E-state index in [1.165, 1.54) is 16.3 Å². The van der Waals surface area contributed by atoms with Gasteiger partial charge in [-0.2, -0.15) is 0 Å². The Hall–Kier alpha value is -2.29. The number of hydrogen-bond donors (Lipinski definition) is 1. The Morgan fingerprint density at radius 3 is 2.80 bits per heavy atom. The van der Waals surface area contributed by atoms with Crippen LogP contribution >= 0.6 is 0 Å². The second kappa shape index (κ2) is 4.67. The Labute approximate surface area is 119 Å². The number of guanidine groups is 1. The van der Waals surface area contributed by atoms with Crippen LogP contribution < -0.4 is 5.73 Å². The van der Waals surface area contributed by atoms with Gasteiger partial charge < -0.3 is 10.6 Å². The molecule has 3 nitrogen and oxygen atoms in total. The molecule has 1 aliphatic heterocycles. The van der Waals surface area contributed by atoms with Gasteiger partial charge in [0.1, 0.15) is 0 Å². The zero-order valence-electron chi connectivity index (χ0n) is 11.7. The molecule has 2 aromatic rings. The molecule has 1 atom stereocenters. The summed E-state index contributed by atoms with van der Waals surface area (Å²) in [7, 11) is 0. The van der Waals surface area contributed by atoms with Crippen LogP contribution in [0.5, 0.6) is 0 Å². The molecule has 0 saturated heterocycles. The molecule has 3 rings (SSSR count). The van der Waals surface area contributed by atoms with Gasteiger partial charge in [0.25, 0.3) is 0 Å². The van der Waals surface area contributed by atoms with E-state index in [1.807, 2.05) is 6.08 Å². The van der Waals surface area contributed by atoms with Crippen LogP contribution in [0.15, 0.2) is 60.1 Å². The lowest BCUT2D eigenvalue weighted by atomic mass is 9.89. The molecule has 0 aliphatic carbocycles. The van der Waals surface area contributed by atoms with Gasteiger partial charge in [-0.3, -0.25) is 4.99 Å². The third-order valence-corrected chi connectivity index (χ3v) is 4.10. The summed E-state index contributed by atoms with van der Waals surface area (Å²) >= 11 is 0. The van der Waals surface area contributed by atoms with E-state index in [4.69, 9.17) is 5.73 Å². The molecule has 0 amide bonds. The van der Waals surface area contributed by atoms with Crippen molar-refractivity contribution in [2.45, 2.75) is 12.5 Å². The normalized spacial score (nSPS) is 22.1. The number of rotatable bonds is 3. The number of benzene rings is 2. The largest absolute Gasteiger partial charge is 0.370 e. The van der Waals surface area contributed by atoms with Gasteiger partial charge in [-0.15, -0.1) is 6.58 Å². The van der Waals surface area contributed by atoms with E-state index in [9.17, 15) is 0 Å². The second-order valence-corrected chi connectivity index (χ2v) is 5.41. The molecule has 1 aliphatic rings. The molecule has 2 N–H and O–H groups in total. The van der Waals surface area contributed by atoms with Crippen LogP contribution in [0.4, 0.5) is 0 Å². The molecule has 2 aromatic carbocycles. The van der Waals surface area contributed by atoms with Crippen molar-refractivity contribution in [3.05, 3.63) is 60.7 Å². The fourth-order valence-electron chi connectivity index (χ4n) is 2.85. The minimum Gasteiger partial charge on any atom is -0.370 e. The standard InChI is InChI=1S/C17H19N3/c1-3-10-20-16(18)19-12-17(20,2)15-9-8-13-6-4-5-7-14(13)11-15/h3-9,11H,1,10,12H2,2H3,(H2,18,19). The van der Waals surface area contributed by atoms with Gasteiger partial charge in [-0.1, -0.05) is 42.5 Å². The van der Waals surface area contributed by atoms with E-state index in [-0.39, 0.29) is 5.54 Å². The average molecular weight is 265 g/mol. The van der Waals surface area contributed by atoms with E-state index in [1.54, 1.807) is 0 Å². The fourth-order valence-corrected chi connectivity index (χ4v) is 2.85. The Balaban J connectivity index is 2.07. The fraction of sp³-hybridized carbons (Fsp3) is 0.235. The number of hydrogen-bond acceptors (Lipinski definition) is 3. The van der Waals surface area contributed by atoms with Crippen molar-refractivity contribution in [3.8, 4) is 0 Å². The Morgan fingerprint density at radius 1 is 1.30 bits per heavy atom. The van der Waals surface area contributed by atoms with Crippen LogP contribution in [0.1, 0.15) is 12.5 Å². The predicted molar refractivity (Wildman–Crippen MR) is 84.7 cm³/mol. The first-order valence-corrected chi connectivity index (χ1v) is 6.83. The molecule has 0 bridgehead atoms. The molecule has 0 radical (unpaired) electrons. The van der Waals surface area contributed by atoms with E-state index in [2.05, 4.69) is 65.9 Å². The van der Waals surface area contributed by atoms with Crippen LogP contribution in [-0.4, -0.2) is 23.9 Å². The summed E-state index contributed by atoms with van der Waals surface area (Å²) in [5, 5.41) is 2.50. The molecule has 0 saturated carbocycles. The van der Waals surface area contributed by atoms with Crippen molar-refractivity contribution in [2.75, 3.05) is 13.1 Å². The first kappa shape index (κ1) is 12.7. The number of nitrogens with two attached hydrogens (primary N) is 1. The maximum atomic E-state index is 6.02. The van der Waals surface area contributed by atoms with Gasteiger partial charge in [-0.25, -0.2) is 0 Å². The molecule has 0 fully saturated rings. The summed E-state index contributed by atoms with van der Waals surface area (Å²) < 4.78 is 0. The monoisotopic (exact) mass is 265 g/mol. The summed E-state index contributed by atoms with van der Waals surface area (Å²) in [5.41, 5.74) is 7.06. The van der Waals surface area contributed by atoms with Crippen LogP contribution in [0, 0.1) is 0 Å². The van der Waals surface area contributed by atoms with Crippen molar-refractivity contribution in [2.24, 2.45) is 10.7 Å². The minimum atomic E-state index is -0.192. The summed E-state index contributed by atoms with van der Waals surface area (Å²) in [6.07, 6.45) is 1.87. The highest BCUT2D eigenvalue weighted by Gasteiger charge is 2.38. The van der Waals surface area contributed by atoms with Gasteiger partial charge in [0, 0.05) is 6.54 Å². The van der Waals surface area contributed by atoms with Gasteiger partial charge in [-0.05, 0) is 29.3 Å². The van der Waals surface area contributed by atoms with E-state index < -0.39 is 0 Å². The van der Waals surface area contributed by atoms with Gasteiger partial charge in [0.15, 0.2) is 5.96 Å². The second-order valence-electron chi connectivity index (χ2n) is 5.41. The first-order chi connectivity index (χ1) is 9.65. The molecule has 1 heterocycles. The molecule has 0 aromatic heterocycles. The Bertz CT molecular complexity index is 689. The lowest BCUT2D eigenvalue weighted by Gasteiger charge is -2.36. The van der Waals surface area contributed by atoms with Gasteiger partial charge in [0.05, 0.1) is 12.1 Å². The number of nitrogens with zero attached hydrogens (tertiary/aromatic N) is 2. The van der Waals surface area contributed by atoms with Crippen LogP contribution in [0.2, 0.25) is 0 Å². The smallest absolute Gasteiger partial charge is 0.192 e. The van der Waals surface area contributed by atoms with Crippen molar-refractivity contribution in [1.29, 1.82) is 0 Å².